The van der Waals surface area contributed by atoms with E-state index in [9.17, 15) is 17.6 Å². The zero-order valence-corrected chi connectivity index (χ0v) is 10.8. The van der Waals surface area contributed by atoms with Crippen LogP contribution in [0.25, 0.3) is 0 Å². The molecule has 9 heteroatoms. The van der Waals surface area contributed by atoms with Crippen molar-refractivity contribution in [1.82, 2.24) is 9.97 Å². The molecule has 112 valence electrons. The van der Waals surface area contributed by atoms with Gasteiger partial charge in [-0.05, 0) is 30.7 Å². The molecule has 21 heavy (non-hydrogen) atoms. The second-order valence-electron chi connectivity index (χ2n) is 4.19. The van der Waals surface area contributed by atoms with E-state index in [1.807, 2.05) is 5.43 Å². The van der Waals surface area contributed by atoms with Crippen molar-refractivity contribution in [3.8, 4) is 0 Å². The number of hydrazine groups is 1. The van der Waals surface area contributed by atoms with E-state index in [4.69, 9.17) is 5.84 Å². The molecule has 4 N–H and O–H groups in total. The molecule has 2 aromatic rings. The van der Waals surface area contributed by atoms with Crippen LogP contribution in [-0.2, 0) is 6.18 Å². The van der Waals surface area contributed by atoms with Crippen LogP contribution < -0.4 is 16.6 Å². The molecule has 0 unspecified atom stereocenters. The van der Waals surface area contributed by atoms with Gasteiger partial charge in [-0.15, -0.1) is 0 Å². The maximum absolute atomic E-state index is 13.1. The predicted molar refractivity (Wildman–Crippen MR) is 69.3 cm³/mol. The topological polar surface area (TPSA) is 75.9 Å². The Morgan fingerprint density at radius 3 is 2.43 bits per heavy atom. The van der Waals surface area contributed by atoms with Crippen molar-refractivity contribution in [2.75, 3.05) is 10.7 Å². The zero-order chi connectivity index (χ0) is 15.6. The first-order valence-electron chi connectivity index (χ1n) is 5.75. The standard InChI is InChI=1S/C12H11F4N5/c1-6-4-7(2-3-8(6)13)18-10-5-9(12(14,15)16)19-11(20-10)21-17/h2-5H,17H2,1H3,(H2,18,19,20,21). The van der Waals surface area contributed by atoms with E-state index in [1.54, 1.807) is 0 Å². The molecule has 0 amide bonds. The van der Waals surface area contributed by atoms with Gasteiger partial charge in [-0.2, -0.15) is 18.2 Å². The summed E-state index contributed by atoms with van der Waals surface area (Å²) < 4.78 is 51.3. The first-order chi connectivity index (χ1) is 9.79. The molecule has 0 saturated heterocycles. The average molecular weight is 301 g/mol. The summed E-state index contributed by atoms with van der Waals surface area (Å²) in [5.74, 6) is 4.14. The third-order valence-corrected chi connectivity index (χ3v) is 2.58. The van der Waals surface area contributed by atoms with Crippen LogP contribution in [0.15, 0.2) is 24.3 Å². The van der Waals surface area contributed by atoms with Gasteiger partial charge in [0.1, 0.15) is 11.6 Å². The monoisotopic (exact) mass is 301 g/mol. The lowest BCUT2D eigenvalue weighted by molar-refractivity contribution is -0.141. The van der Waals surface area contributed by atoms with Gasteiger partial charge in [0.2, 0.25) is 5.95 Å². The lowest BCUT2D eigenvalue weighted by Crippen LogP contribution is -2.16. The number of rotatable bonds is 3. The lowest BCUT2D eigenvalue weighted by atomic mass is 10.2. The number of aryl methyl sites for hydroxylation is 1. The Morgan fingerprint density at radius 2 is 1.86 bits per heavy atom. The van der Waals surface area contributed by atoms with Crippen molar-refractivity contribution in [3.63, 3.8) is 0 Å². The smallest absolute Gasteiger partial charge is 0.340 e. The molecule has 0 aliphatic carbocycles. The number of aromatic nitrogens is 2. The van der Waals surface area contributed by atoms with Crippen LogP contribution in [0, 0.1) is 12.7 Å². The van der Waals surface area contributed by atoms with Gasteiger partial charge in [0.25, 0.3) is 0 Å². The van der Waals surface area contributed by atoms with E-state index in [0.29, 0.717) is 11.3 Å². The molecule has 0 radical (unpaired) electrons. The first-order valence-corrected chi connectivity index (χ1v) is 5.75. The fraction of sp³-hybridized carbons (Fsp3) is 0.167. The van der Waals surface area contributed by atoms with Crippen LogP contribution in [0.1, 0.15) is 11.3 Å². The number of alkyl halides is 3. The van der Waals surface area contributed by atoms with Gasteiger partial charge < -0.3 is 5.32 Å². The van der Waals surface area contributed by atoms with Gasteiger partial charge in [-0.3, -0.25) is 5.43 Å². The minimum atomic E-state index is -4.64. The first kappa shape index (κ1) is 15.0. The van der Waals surface area contributed by atoms with E-state index in [1.165, 1.54) is 25.1 Å². The molecular formula is C12H11F4N5. The Kier molecular flexibility index (Phi) is 3.94. The average Bonchev–Trinajstić information content (AvgIpc) is 2.41. The van der Waals surface area contributed by atoms with E-state index in [2.05, 4.69) is 15.3 Å². The summed E-state index contributed by atoms with van der Waals surface area (Å²) in [4.78, 5) is 6.98. The molecule has 0 aliphatic rings. The molecule has 2 rings (SSSR count). The van der Waals surface area contributed by atoms with Crippen molar-refractivity contribution in [2.24, 2.45) is 5.84 Å². The molecule has 1 aromatic carbocycles. The van der Waals surface area contributed by atoms with Crippen molar-refractivity contribution in [1.29, 1.82) is 0 Å². The zero-order valence-electron chi connectivity index (χ0n) is 10.8. The van der Waals surface area contributed by atoms with Crippen LogP contribution in [0.2, 0.25) is 0 Å². The maximum Gasteiger partial charge on any atom is 0.433 e. The van der Waals surface area contributed by atoms with Gasteiger partial charge in [-0.25, -0.2) is 15.2 Å². The van der Waals surface area contributed by atoms with Gasteiger partial charge >= 0.3 is 6.18 Å². The van der Waals surface area contributed by atoms with Crippen molar-refractivity contribution < 1.29 is 17.6 Å². The summed E-state index contributed by atoms with van der Waals surface area (Å²) in [5.41, 5.74) is 1.56. The summed E-state index contributed by atoms with van der Waals surface area (Å²) >= 11 is 0. The molecule has 0 bridgehead atoms. The Balaban J connectivity index is 2.36. The number of anilines is 3. The van der Waals surface area contributed by atoms with E-state index in [0.717, 1.165) is 6.07 Å². The van der Waals surface area contributed by atoms with Crippen LogP contribution in [0.5, 0.6) is 0 Å². The van der Waals surface area contributed by atoms with Crippen molar-refractivity contribution in [2.45, 2.75) is 13.1 Å². The minimum absolute atomic E-state index is 0.115. The van der Waals surface area contributed by atoms with Crippen LogP contribution >= 0.6 is 0 Å². The molecule has 0 saturated carbocycles. The fourth-order valence-corrected chi connectivity index (χ4v) is 1.59. The van der Waals surface area contributed by atoms with Crippen LogP contribution in [-0.4, -0.2) is 9.97 Å². The third-order valence-electron chi connectivity index (χ3n) is 2.58. The Morgan fingerprint density at radius 1 is 1.14 bits per heavy atom. The summed E-state index contributed by atoms with van der Waals surface area (Å²) in [6.45, 7) is 1.54. The van der Waals surface area contributed by atoms with E-state index < -0.39 is 17.7 Å². The second-order valence-corrected chi connectivity index (χ2v) is 4.19. The van der Waals surface area contributed by atoms with Crippen molar-refractivity contribution in [3.05, 3.63) is 41.3 Å². The van der Waals surface area contributed by atoms with Crippen LogP contribution in [0.4, 0.5) is 35.0 Å². The van der Waals surface area contributed by atoms with Crippen LogP contribution in [0.3, 0.4) is 0 Å². The van der Waals surface area contributed by atoms with Gasteiger partial charge in [0.05, 0.1) is 0 Å². The Bertz CT molecular complexity index is 657. The SMILES string of the molecule is Cc1cc(Nc2cc(C(F)(F)F)nc(NN)n2)ccc1F. The number of nitrogens with two attached hydrogens (primary N) is 1. The number of hydrogen-bond donors (Lipinski definition) is 3. The summed E-state index contributed by atoms with van der Waals surface area (Å²) in [6, 6.07) is 4.76. The molecule has 0 spiro atoms. The fourth-order valence-electron chi connectivity index (χ4n) is 1.59. The normalized spacial score (nSPS) is 11.3. The molecule has 5 nitrogen and oxygen atoms in total. The number of nitrogens with one attached hydrogen (secondary N) is 2. The second kappa shape index (κ2) is 5.52. The number of halogens is 4. The maximum atomic E-state index is 13.1. The highest BCUT2D eigenvalue weighted by molar-refractivity contribution is 5.58. The quantitative estimate of drug-likeness (QED) is 0.461. The van der Waals surface area contributed by atoms with Gasteiger partial charge in [0, 0.05) is 11.8 Å². The number of hydrogen-bond acceptors (Lipinski definition) is 5. The van der Waals surface area contributed by atoms with Gasteiger partial charge in [-0.1, -0.05) is 0 Å². The largest absolute Gasteiger partial charge is 0.433 e. The van der Waals surface area contributed by atoms with E-state index in [-0.39, 0.29) is 11.8 Å². The Labute approximate surface area is 117 Å². The number of nitrogens with zero attached hydrogens (tertiary/aromatic N) is 2. The number of benzene rings is 1. The van der Waals surface area contributed by atoms with E-state index >= 15 is 0 Å². The highest BCUT2D eigenvalue weighted by Gasteiger charge is 2.33. The number of nitrogen functional groups attached to an aromatic ring is 1. The highest BCUT2D eigenvalue weighted by Crippen LogP contribution is 2.30. The van der Waals surface area contributed by atoms with Gasteiger partial charge in [0.15, 0.2) is 5.69 Å². The summed E-state index contributed by atoms with van der Waals surface area (Å²) in [6.07, 6.45) is -4.64. The molecule has 0 atom stereocenters. The summed E-state index contributed by atoms with van der Waals surface area (Å²) in [5, 5.41) is 2.65. The minimum Gasteiger partial charge on any atom is -0.340 e. The molecule has 0 fully saturated rings. The predicted octanol–water partition coefficient (Wildman–Crippen LogP) is 2.97. The molecule has 1 heterocycles. The Hall–Kier alpha value is -2.42. The highest BCUT2D eigenvalue weighted by atomic mass is 19.4. The van der Waals surface area contributed by atoms with Crippen molar-refractivity contribution >= 4 is 17.5 Å². The molecular weight excluding hydrogens is 290 g/mol. The summed E-state index contributed by atoms with van der Waals surface area (Å²) in [7, 11) is 0. The third kappa shape index (κ3) is 3.57. The molecule has 1 aromatic heterocycles. The lowest BCUT2D eigenvalue weighted by Gasteiger charge is -2.12. The molecule has 0 aliphatic heterocycles.